The molecular formula is C8H14N2OS. The van der Waals surface area contributed by atoms with Gasteiger partial charge in [-0.15, -0.1) is 0 Å². The first-order valence-corrected chi connectivity index (χ1v) is 4.64. The Bertz CT molecular complexity index is 193. The smallest absolute Gasteiger partial charge is 0.237 e. The average molecular weight is 186 g/mol. The van der Waals surface area contributed by atoms with Crippen LogP contribution in [-0.2, 0) is 4.79 Å². The molecule has 12 heavy (non-hydrogen) atoms. The maximum Gasteiger partial charge on any atom is 0.237 e. The minimum Gasteiger partial charge on any atom is -0.331 e. The lowest BCUT2D eigenvalue weighted by atomic mass is 10.3. The van der Waals surface area contributed by atoms with Gasteiger partial charge in [0.2, 0.25) is 5.91 Å². The molecule has 3 nitrogen and oxygen atoms in total. The molecule has 0 aromatic carbocycles. The average Bonchev–Trinajstić information content (AvgIpc) is 2.51. The van der Waals surface area contributed by atoms with Crippen molar-refractivity contribution in [3.05, 3.63) is 12.2 Å². The van der Waals surface area contributed by atoms with Crippen LogP contribution in [0.4, 0.5) is 0 Å². The van der Waals surface area contributed by atoms with Crippen molar-refractivity contribution in [2.75, 3.05) is 25.9 Å². The zero-order valence-electron chi connectivity index (χ0n) is 7.16. The van der Waals surface area contributed by atoms with Gasteiger partial charge in [-0.3, -0.25) is 4.79 Å². The summed E-state index contributed by atoms with van der Waals surface area (Å²) in [5.74, 6) is 0.841. The molecule has 1 amide bonds. The normalized spacial score (nSPS) is 21.8. The molecule has 68 valence electrons. The number of rotatable bonds is 3. The second-order valence-corrected chi connectivity index (χ2v) is 3.12. The lowest BCUT2D eigenvalue weighted by Gasteiger charge is -2.22. The van der Waals surface area contributed by atoms with Crippen molar-refractivity contribution < 1.29 is 4.79 Å². The molecule has 1 aliphatic heterocycles. The molecule has 0 fully saturated rings. The van der Waals surface area contributed by atoms with Gasteiger partial charge in [-0.1, -0.05) is 12.2 Å². The Hall–Kier alpha value is -0.480. The molecule has 0 radical (unpaired) electrons. The molecular weight excluding hydrogens is 172 g/mol. The van der Waals surface area contributed by atoms with Crippen LogP contribution in [0.3, 0.4) is 0 Å². The second-order valence-electron chi connectivity index (χ2n) is 2.75. The van der Waals surface area contributed by atoms with Crippen molar-refractivity contribution in [3.63, 3.8) is 0 Å². The third-order valence-electron chi connectivity index (χ3n) is 1.90. The molecule has 4 heteroatoms. The van der Waals surface area contributed by atoms with Crippen LogP contribution in [0.25, 0.3) is 0 Å². The Morgan fingerprint density at radius 3 is 3.17 bits per heavy atom. The van der Waals surface area contributed by atoms with Gasteiger partial charge in [0.25, 0.3) is 0 Å². The number of likely N-dealkylation sites (N-methyl/N-ethyl adjacent to an activating group) is 1. The molecule has 0 saturated heterocycles. The van der Waals surface area contributed by atoms with Crippen molar-refractivity contribution in [1.82, 2.24) is 10.2 Å². The molecule has 0 spiro atoms. The monoisotopic (exact) mass is 186 g/mol. The van der Waals surface area contributed by atoms with Gasteiger partial charge in [0.15, 0.2) is 0 Å². The second kappa shape index (κ2) is 4.52. The number of hydrogen-bond acceptors (Lipinski definition) is 3. The molecule has 0 aliphatic carbocycles. The molecule has 1 N–H and O–H groups in total. The highest BCUT2D eigenvalue weighted by atomic mass is 32.1. The van der Waals surface area contributed by atoms with Gasteiger partial charge in [0.1, 0.15) is 0 Å². The summed E-state index contributed by atoms with van der Waals surface area (Å²) in [7, 11) is 1.77. The molecule has 0 saturated carbocycles. The fourth-order valence-electron chi connectivity index (χ4n) is 1.27. The lowest BCUT2D eigenvalue weighted by Crippen LogP contribution is -2.41. The van der Waals surface area contributed by atoms with E-state index < -0.39 is 0 Å². The highest BCUT2D eigenvalue weighted by Crippen LogP contribution is 2.10. The molecule has 1 atom stereocenters. The summed E-state index contributed by atoms with van der Waals surface area (Å²) < 4.78 is 0. The fourth-order valence-corrected chi connectivity index (χ4v) is 1.59. The van der Waals surface area contributed by atoms with E-state index in [9.17, 15) is 4.79 Å². The van der Waals surface area contributed by atoms with Crippen LogP contribution in [0.2, 0.25) is 0 Å². The van der Waals surface area contributed by atoms with Crippen molar-refractivity contribution in [1.29, 1.82) is 0 Å². The Balaban J connectivity index is 2.46. The minimum absolute atomic E-state index is 0.140. The summed E-state index contributed by atoms with van der Waals surface area (Å²) in [6.45, 7) is 1.14. The van der Waals surface area contributed by atoms with Crippen molar-refractivity contribution >= 4 is 18.5 Å². The van der Waals surface area contributed by atoms with Gasteiger partial charge in [-0.2, -0.15) is 12.6 Å². The number of carbonyl (C=O) groups is 1. The first-order valence-electron chi connectivity index (χ1n) is 4.01. The van der Waals surface area contributed by atoms with Crippen molar-refractivity contribution in [2.45, 2.75) is 6.04 Å². The summed E-state index contributed by atoms with van der Waals surface area (Å²) in [4.78, 5) is 13.2. The van der Waals surface area contributed by atoms with Gasteiger partial charge < -0.3 is 10.2 Å². The highest BCUT2D eigenvalue weighted by Gasteiger charge is 2.22. The predicted octanol–water partition coefficient (Wildman–Crippen LogP) is -0.0974. The molecule has 0 bridgehead atoms. The van der Waals surface area contributed by atoms with Crippen LogP contribution < -0.4 is 5.32 Å². The topological polar surface area (TPSA) is 32.3 Å². The SMILES string of the molecule is CNCC(=O)N1CC=CC1CS. The van der Waals surface area contributed by atoms with Crippen LogP contribution >= 0.6 is 12.6 Å². The summed E-state index contributed by atoms with van der Waals surface area (Å²) in [6, 6.07) is 0.189. The van der Waals surface area contributed by atoms with Crippen LogP contribution in [0.1, 0.15) is 0 Å². The Morgan fingerprint density at radius 2 is 2.58 bits per heavy atom. The van der Waals surface area contributed by atoms with E-state index in [1.165, 1.54) is 0 Å². The van der Waals surface area contributed by atoms with Crippen molar-refractivity contribution in [3.8, 4) is 0 Å². The maximum atomic E-state index is 11.4. The van der Waals surface area contributed by atoms with E-state index in [2.05, 4.69) is 17.9 Å². The Morgan fingerprint density at radius 1 is 1.83 bits per heavy atom. The number of amides is 1. The van der Waals surface area contributed by atoms with E-state index in [0.717, 1.165) is 6.54 Å². The molecule has 1 aliphatic rings. The fraction of sp³-hybridized carbons (Fsp3) is 0.625. The summed E-state index contributed by atoms with van der Waals surface area (Å²) in [5.41, 5.74) is 0. The van der Waals surface area contributed by atoms with E-state index in [1.807, 2.05) is 17.1 Å². The van der Waals surface area contributed by atoms with Crippen LogP contribution in [-0.4, -0.2) is 42.7 Å². The lowest BCUT2D eigenvalue weighted by molar-refractivity contribution is -0.130. The zero-order chi connectivity index (χ0) is 8.97. The quantitative estimate of drug-likeness (QED) is 0.476. The van der Waals surface area contributed by atoms with Crippen molar-refractivity contribution in [2.24, 2.45) is 0 Å². The van der Waals surface area contributed by atoms with E-state index in [1.54, 1.807) is 7.05 Å². The number of hydrogen-bond donors (Lipinski definition) is 2. The molecule has 0 aromatic heterocycles. The van der Waals surface area contributed by atoms with Crippen LogP contribution in [0.15, 0.2) is 12.2 Å². The number of thiol groups is 1. The van der Waals surface area contributed by atoms with E-state index in [4.69, 9.17) is 0 Å². The van der Waals surface area contributed by atoms with Gasteiger partial charge in [0.05, 0.1) is 12.6 Å². The van der Waals surface area contributed by atoms with Crippen LogP contribution in [0, 0.1) is 0 Å². The molecule has 1 unspecified atom stereocenters. The van der Waals surface area contributed by atoms with E-state index in [-0.39, 0.29) is 11.9 Å². The van der Waals surface area contributed by atoms with E-state index >= 15 is 0 Å². The highest BCUT2D eigenvalue weighted by molar-refractivity contribution is 7.80. The third-order valence-corrected chi connectivity index (χ3v) is 2.27. The first-order chi connectivity index (χ1) is 5.79. The summed E-state index contributed by atoms with van der Waals surface area (Å²) in [6.07, 6.45) is 4.04. The van der Waals surface area contributed by atoms with Gasteiger partial charge >= 0.3 is 0 Å². The molecule has 0 aromatic rings. The Kier molecular flexibility index (Phi) is 3.62. The van der Waals surface area contributed by atoms with Gasteiger partial charge in [0, 0.05) is 12.3 Å². The summed E-state index contributed by atoms with van der Waals surface area (Å²) in [5, 5.41) is 2.85. The van der Waals surface area contributed by atoms with Crippen LogP contribution in [0.5, 0.6) is 0 Å². The Labute approximate surface area is 78.2 Å². The molecule has 1 heterocycles. The largest absolute Gasteiger partial charge is 0.331 e. The minimum atomic E-state index is 0.140. The first kappa shape index (κ1) is 9.61. The summed E-state index contributed by atoms with van der Waals surface area (Å²) >= 11 is 4.17. The number of carbonyl (C=O) groups excluding carboxylic acids is 1. The van der Waals surface area contributed by atoms with Gasteiger partial charge in [-0.05, 0) is 7.05 Å². The third kappa shape index (κ3) is 2.01. The molecule has 1 rings (SSSR count). The van der Waals surface area contributed by atoms with E-state index in [0.29, 0.717) is 12.3 Å². The predicted molar refractivity (Wildman–Crippen MR) is 52.4 cm³/mol. The number of nitrogens with zero attached hydrogens (tertiary/aromatic N) is 1. The number of nitrogens with one attached hydrogen (secondary N) is 1. The van der Waals surface area contributed by atoms with Gasteiger partial charge in [-0.25, -0.2) is 0 Å². The zero-order valence-corrected chi connectivity index (χ0v) is 8.05. The standard InChI is InChI=1S/C8H14N2OS/c1-9-5-8(11)10-4-2-3-7(10)6-12/h2-3,7,9,12H,4-6H2,1H3. The maximum absolute atomic E-state index is 11.4.